The third-order valence-electron chi connectivity index (χ3n) is 2.71. The van der Waals surface area contributed by atoms with E-state index in [0.29, 0.717) is 5.56 Å². The maximum absolute atomic E-state index is 11.3. The van der Waals surface area contributed by atoms with Crippen LogP contribution in [-0.4, -0.2) is 4.98 Å². The van der Waals surface area contributed by atoms with Crippen LogP contribution in [0, 0.1) is 13.0 Å². The number of aromatic nitrogens is 1. The van der Waals surface area contributed by atoms with Gasteiger partial charge in [-0.25, -0.2) is 0 Å². The summed E-state index contributed by atoms with van der Waals surface area (Å²) in [5.41, 5.74) is 1.46. The third-order valence-corrected chi connectivity index (χ3v) is 3.86. The Bertz CT molecular complexity index is 800. The predicted molar refractivity (Wildman–Crippen MR) is 71.5 cm³/mol. The van der Waals surface area contributed by atoms with Gasteiger partial charge in [-0.2, -0.15) is 11.3 Å². The van der Waals surface area contributed by atoms with E-state index in [1.165, 1.54) is 11.3 Å². The Kier molecular flexibility index (Phi) is 3.80. The Morgan fingerprint density at radius 1 is 1.16 bits per heavy atom. The minimum atomic E-state index is -0.528. The van der Waals surface area contributed by atoms with Crippen LogP contribution in [0.25, 0.3) is 20.9 Å². The Morgan fingerprint density at radius 3 is 2.53 bits per heavy atom. The van der Waals surface area contributed by atoms with E-state index < -0.39 is 10.9 Å². The zero-order valence-corrected chi connectivity index (χ0v) is 11.9. The quantitative estimate of drug-likeness (QED) is 0.414. The van der Waals surface area contributed by atoms with E-state index in [1.807, 2.05) is 31.2 Å². The van der Waals surface area contributed by atoms with Gasteiger partial charge in [0.05, 0.1) is 0 Å². The van der Waals surface area contributed by atoms with Crippen LogP contribution in [0.5, 0.6) is 0 Å². The summed E-state index contributed by atoms with van der Waals surface area (Å²) in [6.07, 6.45) is 1.76. The number of pyridine rings is 1. The third kappa shape index (κ3) is 2.45. The van der Waals surface area contributed by atoms with Crippen LogP contribution < -0.4 is 10.9 Å². The molecular formula is C14H8MnNO2S-. The van der Waals surface area contributed by atoms with Gasteiger partial charge in [-0.3, -0.25) is 4.98 Å². The van der Waals surface area contributed by atoms with Crippen molar-refractivity contribution in [3.05, 3.63) is 62.7 Å². The molecule has 3 rings (SSSR count). The molecule has 2 heterocycles. The zero-order valence-electron chi connectivity index (χ0n) is 9.94. The van der Waals surface area contributed by atoms with Crippen LogP contribution in [0.3, 0.4) is 0 Å². The summed E-state index contributed by atoms with van der Waals surface area (Å²) < 4.78 is 0. The molecule has 0 bridgehead atoms. The number of nitrogens with zero attached hydrogens (tertiary/aromatic N) is 1. The van der Waals surface area contributed by atoms with Gasteiger partial charge in [0.1, 0.15) is 10.9 Å². The number of thiophene rings is 1. The molecular weight excluding hydrogens is 301 g/mol. The SMILES string of the molecule is Cc1cc(-c2ccc(-c3[c-]c(=O)c3=O)s2)ccn1.[Mn]. The van der Waals surface area contributed by atoms with Crippen LogP contribution >= 0.6 is 11.3 Å². The Labute approximate surface area is 124 Å². The van der Waals surface area contributed by atoms with Crippen molar-refractivity contribution >= 4 is 11.3 Å². The molecule has 0 saturated heterocycles. The van der Waals surface area contributed by atoms with Gasteiger partial charge in [0.2, 0.25) is 0 Å². The standard InChI is InChI=1S/C14H8NO2S.Mn/c1-8-6-9(4-5-15-8)12-2-3-13(18-12)10-7-11(16)14(10)17;/h2-6H,1H3;/q-1;. The largest absolute Gasteiger partial charge is 0.344 e. The van der Waals surface area contributed by atoms with Gasteiger partial charge in [-0.05, 0) is 29.5 Å². The van der Waals surface area contributed by atoms with Crippen molar-refractivity contribution in [1.82, 2.24) is 4.98 Å². The molecule has 0 amide bonds. The van der Waals surface area contributed by atoms with E-state index in [1.54, 1.807) is 6.20 Å². The second-order valence-electron chi connectivity index (χ2n) is 4.01. The predicted octanol–water partition coefficient (Wildman–Crippen LogP) is 2.18. The van der Waals surface area contributed by atoms with Crippen LogP contribution in [0.15, 0.2) is 40.1 Å². The smallest absolute Gasteiger partial charge is 0.143 e. The Morgan fingerprint density at radius 2 is 1.89 bits per heavy atom. The van der Waals surface area contributed by atoms with Crippen LogP contribution in [0.2, 0.25) is 0 Å². The fraction of sp³-hybridized carbons (Fsp3) is 0.0714. The Balaban J connectivity index is 0.00000133. The van der Waals surface area contributed by atoms with Crippen molar-refractivity contribution < 1.29 is 17.1 Å². The summed E-state index contributed by atoms with van der Waals surface area (Å²) in [4.78, 5) is 28.2. The van der Waals surface area contributed by atoms with Crippen LogP contribution in [0.1, 0.15) is 5.69 Å². The van der Waals surface area contributed by atoms with E-state index in [4.69, 9.17) is 0 Å². The molecule has 3 aromatic rings. The van der Waals surface area contributed by atoms with Gasteiger partial charge in [-0.1, -0.05) is 23.8 Å². The molecule has 0 aliphatic heterocycles. The molecule has 1 aromatic carbocycles. The average molecular weight is 309 g/mol. The van der Waals surface area contributed by atoms with Crippen molar-refractivity contribution in [1.29, 1.82) is 0 Å². The first-order valence-electron chi connectivity index (χ1n) is 5.41. The fourth-order valence-corrected chi connectivity index (χ4v) is 2.78. The van der Waals surface area contributed by atoms with Crippen molar-refractivity contribution in [2.24, 2.45) is 0 Å². The van der Waals surface area contributed by atoms with E-state index in [9.17, 15) is 9.59 Å². The monoisotopic (exact) mass is 309 g/mol. The van der Waals surface area contributed by atoms with Gasteiger partial charge in [0, 0.05) is 33.8 Å². The second-order valence-corrected chi connectivity index (χ2v) is 5.09. The summed E-state index contributed by atoms with van der Waals surface area (Å²) in [6, 6.07) is 10.2. The minimum Gasteiger partial charge on any atom is -0.344 e. The molecule has 19 heavy (non-hydrogen) atoms. The van der Waals surface area contributed by atoms with Crippen LogP contribution in [-0.2, 0) is 17.1 Å². The normalized spacial score (nSPS) is 10.4. The maximum Gasteiger partial charge on any atom is 0.143 e. The van der Waals surface area contributed by atoms with Crippen molar-refractivity contribution in [2.45, 2.75) is 6.92 Å². The zero-order chi connectivity index (χ0) is 12.7. The number of hydrogen-bond donors (Lipinski definition) is 0. The van der Waals surface area contributed by atoms with Gasteiger partial charge >= 0.3 is 0 Å². The minimum absolute atomic E-state index is 0. The molecule has 0 aliphatic carbocycles. The number of hydrogen-bond acceptors (Lipinski definition) is 4. The molecule has 0 saturated carbocycles. The summed E-state index contributed by atoms with van der Waals surface area (Å²) in [6.45, 7) is 1.93. The van der Waals surface area contributed by atoms with Gasteiger partial charge in [-0.15, -0.1) is 0 Å². The number of aryl methyl sites for hydroxylation is 1. The average Bonchev–Trinajstić information content (AvgIpc) is 2.84. The van der Waals surface area contributed by atoms with Crippen molar-refractivity contribution in [2.75, 3.05) is 0 Å². The summed E-state index contributed by atoms with van der Waals surface area (Å²) >= 11 is 1.48. The fourth-order valence-electron chi connectivity index (χ4n) is 1.78. The second kappa shape index (κ2) is 5.21. The van der Waals surface area contributed by atoms with Gasteiger partial charge < -0.3 is 9.59 Å². The molecule has 5 heteroatoms. The van der Waals surface area contributed by atoms with Gasteiger partial charge in [0.25, 0.3) is 0 Å². The molecule has 0 fully saturated rings. The van der Waals surface area contributed by atoms with E-state index in [0.717, 1.165) is 21.0 Å². The summed E-state index contributed by atoms with van der Waals surface area (Å²) in [5, 5.41) is 0. The van der Waals surface area contributed by atoms with E-state index in [2.05, 4.69) is 11.1 Å². The topological polar surface area (TPSA) is 47.0 Å². The molecule has 0 aliphatic rings. The molecule has 0 atom stereocenters. The number of rotatable bonds is 2. The Hall–Kier alpha value is -1.55. The molecule has 3 nitrogen and oxygen atoms in total. The van der Waals surface area contributed by atoms with Crippen molar-refractivity contribution in [3.63, 3.8) is 0 Å². The van der Waals surface area contributed by atoms with Gasteiger partial charge in [0.15, 0.2) is 0 Å². The first-order valence-corrected chi connectivity index (χ1v) is 6.22. The van der Waals surface area contributed by atoms with Crippen molar-refractivity contribution in [3.8, 4) is 20.9 Å². The van der Waals surface area contributed by atoms with E-state index in [-0.39, 0.29) is 17.1 Å². The molecule has 2 aromatic heterocycles. The summed E-state index contributed by atoms with van der Waals surface area (Å²) in [7, 11) is 0. The maximum atomic E-state index is 11.3. The molecule has 1 radical (unpaired) electrons. The summed E-state index contributed by atoms with van der Waals surface area (Å²) in [5.74, 6) is 0. The molecule has 95 valence electrons. The first kappa shape index (κ1) is 13.9. The molecule has 0 spiro atoms. The molecule has 0 N–H and O–H groups in total. The molecule has 0 unspecified atom stereocenters. The first-order chi connectivity index (χ1) is 8.65. The van der Waals surface area contributed by atoms with Crippen LogP contribution in [0.4, 0.5) is 0 Å². The van der Waals surface area contributed by atoms with E-state index >= 15 is 0 Å².